The van der Waals surface area contributed by atoms with Gasteiger partial charge in [-0.15, -0.1) is 0 Å². The minimum absolute atomic E-state index is 0.0658. The average Bonchev–Trinajstić information content (AvgIpc) is 3.18. The molecule has 8 nitrogen and oxygen atoms in total. The van der Waals surface area contributed by atoms with Gasteiger partial charge in [0.05, 0.1) is 26.0 Å². The summed E-state index contributed by atoms with van der Waals surface area (Å²) < 4.78 is 15.7. The molecule has 1 atom stereocenters. The zero-order chi connectivity index (χ0) is 21.5. The Bertz CT molecular complexity index is 830. The molecular formula is C22H32N4O4. The quantitative estimate of drug-likeness (QED) is 0.668. The summed E-state index contributed by atoms with van der Waals surface area (Å²) in [7, 11) is 3.24. The van der Waals surface area contributed by atoms with Crippen LogP contribution < -0.4 is 14.8 Å². The number of amides is 1. The number of methoxy groups -OCH3 is 2. The Labute approximate surface area is 178 Å². The molecule has 0 saturated carbocycles. The predicted molar refractivity (Wildman–Crippen MR) is 114 cm³/mol. The molecule has 2 aromatic rings. The summed E-state index contributed by atoms with van der Waals surface area (Å²) in [5.74, 6) is 2.31. The molecule has 0 aliphatic carbocycles. The first-order chi connectivity index (χ1) is 14.5. The summed E-state index contributed by atoms with van der Waals surface area (Å²) in [5, 5.41) is 7.12. The Balaban J connectivity index is 1.40. The fraction of sp³-hybridized carbons (Fsp3) is 0.545. The number of nitrogens with zero attached hydrogens (tertiary/aromatic N) is 3. The molecule has 1 aliphatic rings. The fourth-order valence-corrected chi connectivity index (χ4v) is 3.71. The van der Waals surface area contributed by atoms with Crippen molar-refractivity contribution >= 4 is 5.91 Å². The van der Waals surface area contributed by atoms with Crippen molar-refractivity contribution < 1.29 is 18.8 Å². The van der Waals surface area contributed by atoms with E-state index in [0.29, 0.717) is 18.0 Å². The lowest BCUT2D eigenvalue weighted by molar-refractivity contribution is -0.126. The van der Waals surface area contributed by atoms with E-state index in [0.717, 1.165) is 56.2 Å². The van der Waals surface area contributed by atoms with E-state index >= 15 is 0 Å². The number of carbonyl (C=O) groups is 1. The van der Waals surface area contributed by atoms with Crippen molar-refractivity contribution in [1.82, 2.24) is 20.3 Å². The van der Waals surface area contributed by atoms with Crippen LogP contribution >= 0.6 is 0 Å². The molecule has 8 heteroatoms. The van der Waals surface area contributed by atoms with E-state index in [1.165, 1.54) is 0 Å². The zero-order valence-electron chi connectivity index (χ0n) is 18.3. The number of nitrogens with one attached hydrogen (secondary N) is 1. The number of hydrogen-bond donors (Lipinski definition) is 1. The van der Waals surface area contributed by atoms with E-state index < -0.39 is 0 Å². The first-order valence-electron chi connectivity index (χ1n) is 10.4. The van der Waals surface area contributed by atoms with Gasteiger partial charge in [0.1, 0.15) is 5.76 Å². The first kappa shape index (κ1) is 22.1. The van der Waals surface area contributed by atoms with E-state index in [1.54, 1.807) is 14.2 Å². The van der Waals surface area contributed by atoms with Gasteiger partial charge >= 0.3 is 0 Å². The molecule has 0 bridgehead atoms. The summed E-state index contributed by atoms with van der Waals surface area (Å²) in [4.78, 5) is 17.2. The van der Waals surface area contributed by atoms with Gasteiger partial charge in [-0.25, -0.2) is 0 Å². The normalized spacial score (nSPS) is 16.3. The maximum absolute atomic E-state index is 12.6. The Morgan fingerprint density at radius 2 is 1.90 bits per heavy atom. The van der Waals surface area contributed by atoms with Gasteiger partial charge in [0.2, 0.25) is 5.91 Å². The van der Waals surface area contributed by atoms with Gasteiger partial charge in [0.15, 0.2) is 11.5 Å². The van der Waals surface area contributed by atoms with E-state index in [9.17, 15) is 4.79 Å². The Morgan fingerprint density at radius 1 is 1.17 bits per heavy atom. The van der Waals surface area contributed by atoms with Crippen molar-refractivity contribution in [3.05, 3.63) is 41.3 Å². The summed E-state index contributed by atoms with van der Waals surface area (Å²) in [6.45, 7) is 8.80. The van der Waals surface area contributed by atoms with Crippen LogP contribution in [0.2, 0.25) is 0 Å². The monoisotopic (exact) mass is 416 g/mol. The molecule has 1 unspecified atom stereocenters. The number of aryl methyl sites for hydroxylation is 1. The fourth-order valence-electron chi connectivity index (χ4n) is 3.71. The number of rotatable bonds is 9. The zero-order valence-corrected chi connectivity index (χ0v) is 18.3. The number of hydrogen-bond acceptors (Lipinski definition) is 7. The van der Waals surface area contributed by atoms with Gasteiger partial charge in [0.25, 0.3) is 0 Å². The number of ether oxygens (including phenoxy) is 2. The van der Waals surface area contributed by atoms with Crippen LogP contribution in [0.15, 0.2) is 28.8 Å². The highest BCUT2D eigenvalue weighted by atomic mass is 16.5. The molecule has 30 heavy (non-hydrogen) atoms. The second kappa shape index (κ2) is 10.4. The molecule has 1 amide bonds. The van der Waals surface area contributed by atoms with E-state index in [-0.39, 0.29) is 11.9 Å². The SMILES string of the molecule is COc1ccc(CCNC(=O)C(C)N2CCN(Cc3cc(C)on3)CC2)cc1OC. The Kier molecular flexibility index (Phi) is 7.70. The molecule has 0 spiro atoms. The molecule has 164 valence electrons. The Hall–Kier alpha value is -2.58. The van der Waals surface area contributed by atoms with Crippen LogP contribution in [-0.4, -0.2) is 73.8 Å². The summed E-state index contributed by atoms with van der Waals surface area (Å²) in [6.07, 6.45) is 0.740. The maximum atomic E-state index is 12.6. The minimum atomic E-state index is -0.146. The van der Waals surface area contributed by atoms with Crippen LogP contribution in [0.4, 0.5) is 0 Å². The molecule has 2 heterocycles. The summed E-state index contributed by atoms with van der Waals surface area (Å²) >= 11 is 0. The highest BCUT2D eigenvalue weighted by molar-refractivity contribution is 5.81. The van der Waals surface area contributed by atoms with Gasteiger partial charge in [-0.05, 0) is 38.0 Å². The van der Waals surface area contributed by atoms with Gasteiger partial charge in [-0.1, -0.05) is 11.2 Å². The third-order valence-corrected chi connectivity index (χ3v) is 5.56. The number of carbonyl (C=O) groups excluding carboxylic acids is 1. The summed E-state index contributed by atoms with van der Waals surface area (Å²) in [6, 6.07) is 7.66. The highest BCUT2D eigenvalue weighted by Gasteiger charge is 2.25. The molecule has 1 saturated heterocycles. The Morgan fingerprint density at radius 3 is 2.53 bits per heavy atom. The van der Waals surface area contributed by atoms with Crippen molar-refractivity contribution in [2.45, 2.75) is 32.9 Å². The van der Waals surface area contributed by atoms with Crippen LogP contribution in [-0.2, 0) is 17.8 Å². The smallest absolute Gasteiger partial charge is 0.237 e. The van der Waals surface area contributed by atoms with Crippen LogP contribution in [0, 0.1) is 6.92 Å². The first-order valence-corrected chi connectivity index (χ1v) is 10.4. The molecule has 1 aromatic carbocycles. The molecule has 3 rings (SSSR count). The average molecular weight is 417 g/mol. The largest absolute Gasteiger partial charge is 0.493 e. The van der Waals surface area contributed by atoms with Gasteiger partial charge in [-0.2, -0.15) is 0 Å². The standard InChI is InChI=1S/C22H32N4O4/c1-16-13-19(24-30-16)15-25-9-11-26(12-10-25)17(2)22(27)23-8-7-18-5-6-20(28-3)21(14-18)29-4/h5-6,13-14,17H,7-12,15H2,1-4H3,(H,23,27). The molecule has 1 fully saturated rings. The van der Waals surface area contributed by atoms with E-state index in [1.807, 2.05) is 38.1 Å². The topological polar surface area (TPSA) is 80.1 Å². The number of benzene rings is 1. The van der Waals surface area contributed by atoms with Gasteiger partial charge < -0.3 is 19.3 Å². The lowest BCUT2D eigenvalue weighted by atomic mass is 10.1. The number of aromatic nitrogens is 1. The van der Waals surface area contributed by atoms with E-state index in [4.69, 9.17) is 14.0 Å². The predicted octanol–water partition coefficient (Wildman–Crippen LogP) is 1.87. The molecule has 0 radical (unpaired) electrons. The van der Waals surface area contributed by atoms with E-state index in [2.05, 4.69) is 20.3 Å². The second-order valence-corrected chi connectivity index (χ2v) is 7.65. The molecule has 1 aromatic heterocycles. The van der Waals surface area contributed by atoms with Crippen LogP contribution in [0.25, 0.3) is 0 Å². The van der Waals surface area contributed by atoms with Crippen molar-refractivity contribution in [3.63, 3.8) is 0 Å². The minimum Gasteiger partial charge on any atom is -0.493 e. The molecule has 1 N–H and O–H groups in total. The third-order valence-electron chi connectivity index (χ3n) is 5.56. The highest BCUT2D eigenvalue weighted by Crippen LogP contribution is 2.27. The van der Waals surface area contributed by atoms with Gasteiger partial charge in [-0.3, -0.25) is 14.6 Å². The summed E-state index contributed by atoms with van der Waals surface area (Å²) in [5.41, 5.74) is 2.05. The van der Waals surface area contributed by atoms with Crippen LogP contribution in [0.5, 0.6) is 11.5 Å². The lowest BCUT2D eigenvalue weighted by Crippen LogP contribution is -2.53. The van der Waals surface area contributed by atoms with Crippen LogP contribution in [0.3, 0.4) is 0 Å². The van der Waals surface area contributed by atoms with Crippen LogP contribution in [0.1, 0.15) is 23.9 Å². The van der Waals surface area contributed by atoms with Gasteiger partial charge in [0, 0.05) is 45.3 Å². The second-order valence-electron chi connectivity index (χ2n) is 7.65. The molecular weight excluding hydrogens is 384 g/mol. The number of piperazine rings is 1. The lowest BCUT2D eigenvalue weighted by Gasteiger charge is -2.37. The van der Waals surface area contributed by atoms with Crippen molar-refractivity contribution in [2.24, 2.45) is 0 Å². The van der Waals surface area contributed by atoms with Crippen molar-refractivity contribution in [3.8, 4) is 11.5 Å². The van der Waals surface area contributed by atoms with Crippen molar-refractivity contribution in [2.75, 3.05) is 46.9 Å². The third kappa shape index (κ3) is 5.73. The molecule has 1 aliphatic heterocycles. The maximum Gasteiger partial charge on any atom is 0.237 e. The van der Waals surface area contributed by atoms with Crippen molar-refractivity contribution in [1.29, 1.82) is 0 Å².